The molecule has 0 aromatic heterocycles. The molecule has 70 valence electrons. The van der Waals surface area contributed by atoms with Gasteiger partial charge in [-0.2, -0.15) is 0 Å². The van der Waals surface area contributed by atoms with Crippen LogP contribution in [0.5, 0.6) is 0 Å². The second-order valence-electron chi connectivity index (χ2n) is 4.02. The van der Waals surface area contributed by atoms with Gasteiger partial charge in [-0.05, 0) is 30.0 Å². The van der Waals surface area contributed by atoms with E-state index in [-0.39, 0.29) is 0 Å². The average Bonchev–Trinajstić information content (AvgIpc) is 2.62. The standard InChI is InChI=1S/C12H16S/c13-12-7-5-11(6-8-12)9-10-3-1-2-4-10/h5-8,10,13H,1-4,9H2. The molecule has 0 aliphatic heterocycles. The van der Waals surface area contributed by atoms with Crippen molar-refractivity contribution in [3.8, 4) is 0 Å². The van der Waals surface area contributed by atoms with Crippen LogP contribution in [0.1, 0.15) is 31.2 Å². The van der Waals surface area contributed by atoms with Crippen molar-refractivity contribution in [2.75, 3.05) is 0 Å². The maximum Gasteiger partial charge on any atom is 0.00401 e. The van der Waals surface area contributed by atoms with E-state index in [1.165, 1.54) is 37.7 Å². The molecule has 1 saturated carbocycles. The highest BCUT2D eigenvalue weighted by molar-refractivity contribution is 7.80. The van der Waals surface area contributed by atoms with Crippen molar-refractivity contribution >= 4 is 12.6 Å². The van der Waals surface area contributed by atoms with E-state index < -0.39 is 0 Å². The number of hydrogen-bond donors (Lipinski definition) is 1. The number of benzene rings is 1. The highest BCUT2D eigenvalue weighted by Gasteiger charge is 2.14. The Balaban J connectivity index is 1.97. The number of rotatable bonds is 2. The smallest absolute Gasteiger partial charge is 0.00401 e. The van der Waals surface area contributed by atoms with Crippen LogP contribution >= 0.6 is 12.6 Å². The van der Waals surface area contributed by atoms with Crippen LogP contribution in [0.15, 0.2) is 29.2 Å². The van der Waals surface area contributed by atoms with Crippen molar-refractivity contribution in [2.24, 2.45) is 5.92 Å². The summed E-state index contributed by atoms with van der Waals surface area (Å²) in [6.45, 7) is 0. The van der Waals surface area contributed by atoms with Gasteiger partial charge >= 0.3 is 0 Å². The average molecular weight is 192 g/mol. The molecule has 0 amide bonds. The first-order valence-corrected chi connectivity index (χ1v) is 5.57. The summed E-state index contributed by atoms with van der Waals surface area (Å²) in [5, 5.41) is 0. The molecule has 1 fully saturated rings. The summed E-state index contributed by atoms with van der Waals surface area (Å²) in [5.41, 5.74) is 1.48. The zero-order valence-electron chi connectivity index (χ0n) is 7.87. The summed E-state index contributed by atoms with van der Waals surface area (Å²) >= 11 is 4.28. The van der Waals surface area contributed by atoms with E-state index in [1.54, 1.807) is 0 Å². The van der Waals surface area contributed by atoms with Crippen LogP contribution in [0.4, 0.5) is 0 Å². The maximum absolute atomic E-state index is 4.28. The molecule has 0 spiro atoms. The van der Waals surface area contributed by atoms with Gasteiger partial charge < -0.3 is 0 Å². The Morgan fingerprint density at radius 2 is 1.69 bits per heavy atom. The minimum absolute atomic E-state index is 0.950. The van der Waals surface area contributed by atoms with Gasteiger partial charge in [0.2, 0.25) is 0 Å². The second kappa shape index (κ2) is 4.19. The van der Waals surface area contributed by atoms with E-state index in [4.69, 9.17) is 0 Å². The third-order valence-electron chi connectivity index (χ3n) is 2.94. The Labute approximate surface area is 85.8 Å². The van der Waals surface area contributed by atoms with Crippen LogP contribution in [0.25, 0.3) is 0 Å². The Bertz CT molecular complexity index is 257. The van der Waals surface area contributed by atoms with Crippen molar-refractivity contribution < 1.29 is 0 Å². The first-order valence-electron chi connectivity index (χ1n) is 5.12. The number of hydrogen-bond acceptors (Lipinski definition) is 1. The molecule has 1 aromatic carbocycles. The quantitative estimate of drug-likeness (QED) is 0.678. The van der Waals surface area contributed by atoms with Gasteiger partial charge in [0.05, 0.1) is 0 Å². The van der Waals surface area contributed by atoms with Crippen molar-refractivity contribution in [1.29, 1.82) is 0 Å². The molecular formula is C12H16S. The van der Waals surface area contributed by atoms with Crippen LogP contribution in [0, 0.1) is 5.92 Å². The van der Waals surface area contributed by atoms with Crippen molar-refractivity contribution in [3.05, 3.63) is 29.8 Å². The van der Waals surface area contributed by atoms with Crippen molar-refractivity contribution in [1.82, 2.24) is 0 Å². The molecule has 0 saturated heterocycles. The van der Waals surface area contributed by atoms with Gasteiger partial charge in [0.25, 0.3) is 0 Å². The lowest BCUT2D eigenvalue weighted by Gasteiger charge is -2.08. The summed E-state index contributed by atoms with van der Waals surface area (Å²) in [4.78, 5) is 1.06. The molecule has 0 unspecified atom stereocenters. The van der Waals surface area contributed by atoms with E-state index in [9.17, 15) is 0 Å². The molecule has 2 rings (SSSR count). The summed E-state index contributed by atoms with van der Waals surface area (Å²) < 4.78 is 0. The third-order valence-corrected chi connectivity index (χ3v) is 3.23. The van der Waals surface area contributed by atoms with Gasteiger partial charge in [-0.15, -0.1) is 12.6 Å². The van der Waals surface area contributed by atoms with E-state index in [2.05, 4.69) is 36.9 Å². The van der Waals surface area contributed by atoms with Crippen molar-refractivity contribution in [2.45, 2.75) is 37.0 Å². The lowest BCUT2D eigenvalue weighted by molar-refractivity contribution is 0.546. The molecule has 13 heavy (non-hydrogen) atoms. The Morgan fingerprint density at radius 3 is 2.31 bits per heavy atom. The van der Waals surface area contributed by atoms with E-state index in [0.717, 1.165) is 10.8 Å². The first-order chi connectivity index (χ1) is 6.34. The van der Waals surface area contributed by atoms with Crippen LogP contribution in [0.2, 0.25) is 0 Å². The fourth-order valence-electron chi connectivity index (χ4n) is 2.18. The van der Waals surface area contributed by atoms with E-state index in [0.29, 0.717) is 0 Å². The molecule has 1 aliphatic carbocycles. The van der Waals surface area contributed by atoms with Gasteiger partial charge in [-0.25, -0.2) is 0 Å². The summed E-state index contributed by atoms with van der Waals surface area (Å²) in [5.74, 6) is 0.950. The maximum atomic E-state index is 4.28. The van der Waals surface area contributed by atoms with Gasteiger partial charge in [-0.3, -0.25) is 0 Å². The van der Waals surface area contributed by atoms with Gasteiger partial charge in [0.15, 0.2) is 0 Å². The first kappa shape index (κ1) is 9.14. The molecule has 0 heterocycles. The van der Waals surface area contributed by atoms with Crippen LogP contribution in [0.3, 0.4) is 0 Å². The summed E-state index contributed by atoms with van der Waals surface area (Å²) in [6, 6.07) is 8.60. The molecule has 0 bridgehead atoms. The van der Waals surface area contributed by atoms with Crippen LogP contribution in [-0.4, -0.2) is 0 Å². The zero-order chi connectivity index (χ0) is 9.10. The molecule has 0 radical (unpaired) electrons. The summed E-state index contributed by atoms with van der Waals surface area (Å²) in [7, 11) is 0. The Morgan fingerprint density at radius 1 is 1.08 bits per heavy atom. The monoisotopic (exact) mass is 192 g/mol. The minimum atomic E-state index is 0.950. The zero-order valence-corrected chi connectivity index (χ0v) is 8.76. The molecule has 1 aliphatic rings. The molecule has 1 aromatic rings. The SMILES string of the molecule is Sc1ccc(CC2CCCC2)cc1. The van der Waals surface area contributed by atoms with Crippen molar-refractivity contribution in [3.63, 3.8) is 0 Å². The Kier molecular flexibility index (Phi) is 2.94. The van der Waals surface area contributed by atoms with Crippen LogP contribution < -0.4 is 0 Å². The highest BCUT2D eigenvalue weighted by Crippen LogP contribution is 2.28. The fraction of sp³-hybridized carbons (Fsp3) is 0.500. The third kappa shape index (κ3) is 2.50. The largest absolute Gasteiger partial charge is 0.143 e. The van der Waals surface area contributed by atoms with Gasteiger partial charge in [0, 0.05) is 4.90 Å². The molecular weight excluding hydrogens is 176 g/mol. The second-order valence-corrected chi connectivity index (χ2v) is 4.54. The topological polar surface area (TPSA) is 0 Å². The van der Waals surface area contributed by atoms with Gasteiger partial charge in [-0.1, -0.05) is 37.8 Å². The molecule has 1 heteroatoms. The van der Waals surface area contributed by atoms with E-state index >= 15 is 0 Å². The predicted molar refractivity (Wildman–Crippen MR) is 59.4 cm³/mol. The predicted octanol–water partition coefficient (Wildman–Crippen LogP) is 3.71. The van der Waals surface area contributed by atoms with Gasteiger partial charge in [0.1, 0.15) is 0 Å². The van der Waals surface area contributed by atoms with Crippen LogP contribution in [-0.2, 0) is 6.42 Å². The minimum Gasteiger partial charge on any atom is -0.143 e. The highest BCUT2D eigenvalue weighted by atomic mass is 32.1. The lowest BCUT2D eigenvalue weighted by atomic mass is 9.98. The number of thiol groups is 1. The molecule has 0 nitrogen and oxygen atoms in total. The lowest BCUT2D eigenvalue weighted by Crippen LogP contribution is -1.97. The molecule has 0 N–H and O–H groups in total. The summed E-state index contributed by atoms with van der Waals surface area (Å²) in [6.07, 6.45) is 7.02. The normalized spacial score (nSPS) is 17.9. The van der Waals surface area contributed by atoms with E-state index in [1.807, 2.05) is 0 Å². The molecule has 0 atom stereocenters. The fourth-order valence-corrected chi connectivity index (χ4v) is 2.33. The Hall–Kier alpha value is -0.430.